The summed E-state index contributed by atoms with van der Waals surface area (Å²) in [6.07, 6.45) is -1.41. The minimum Gasteiger partial charge on any atom is -0.480 e. The van der Waals surface area contributed by atoms with Crippen molar-refractivity contribution in [3.8, 4) is 0 Å². The lowest BCUT2D eigenvalue weighted by Gasteiger charge is -1.99. The van der Waals surface area contributed by atoms with Gasteiger partial charge in [-0.05, 0) is 17.5 Å². The Bertz CT molecular complexity index is 437. The van der Waals surface area contributed by atoms with Crippen LogP contribution in [0.1, 0.15) is 25.3 Å². The number of aromatic nitrogens is 1. The number of rotatable bonds is 3. The Kier molecular flexibility index (Phi) is 6.10. The van der Waals surface area contributed by atoms with Gasteiger partial charge in [0, 0.05) is 12.4 Å². The Balaban J connectivity index is 0.000000399. The fraction of sp³-hybridized carbons (Fsp3) is 0.455. The van der Waals surface area contributed by atoms with Crippen molar-refractivity contribution < 1.29 is 33.0 Å². The highest BCUT2D eigenvalue weighted by atomic mass is 19.4. The average molecular weight is 281 g/mol. The van der Waals surface area contributed by atoms with Gasteiger partial charge in [-0.2, -0.15) is 13.2 Å². The lowest BCUT2D eigenvalue weighted by molar-refractivity contribution is -0.192. The Morgan fingerprint density at radius 2 is 1.79 bits per heavy atom. The first-order valence-corrected chi connectivity index (χ1v) is 5.21. The fourth-order valence-corrected chi connectivity index (χ4v) is 1.06. The molecule has 0 saturated carbocycles. The molecule has 5 nitrogen and oxygen atoms in total. The molecule has 108 valence electrons. The van der Waals surface area contributed by atoms with Crippen molar-refractivity contribution in [2.24, 2.45) is 0 Å². The van der Waals surface area contributed by atoms with Gasteiger partial charge in [-0.15, -0.1) is 0 Å². The van der Waals surface area contributed by atoms with Crippen molar-refractivity contribution in [3.63, 3.8) is 0 Å². The minimum atomic E-state index is -5.08. The summed E-state index contributed by atoms with van der Waals surface area (Å²) >= 11 is 0. The molecule has 1 aromatic rings. The standard InChI is InChI=1S/C9H13NO2.C2HF3O2/c1-7(2)8-3-4-10(5-8)6-9(11)12;3-2(4,5)1(6)7/h3-5,7H,6H2,1-2H3,(H,11,12);(H,6,7). The normalized spacial score (nSPS) is 10.8. The van der Waals surface area contributed by atoms with Crippen LogP contribution in [0.5, 0.6) is 0 Å². The quantitative estimate of drug-likeness (QED) is 0.891. The molecule has 0 aromatic carbocycles. The molecule has 8 heteroatoms. The first kappa shape index (κ1) is 17.0. The fourth-order valence-electron chi connectivity index (χ4n) is 1.06. The molecule has 0 aliphatic carbocycles. The Labute approximate surface area is 107 Å². The molecule has 2 N–H and O–H groups in total. The largest absolute Gasteiger partial charge is 0.490 e. The summed E-state index contributed by atoms with van der Waals surface area (Å²) in [5.74, 6) is -3.10. The highest BCUT2D eigenvalue weighted by Gasteiger charge is 2.38. The third-order valence-electron chi connectivity index (χ3n) is 2.00. The van der Waals surface area contributed by atoms with Crippen LogP contribution in [0.3, 0.4) is 0 Å². The van der Waals surface area contributed by atoms with E-state index in [-0.39, 0.29) is 6.54 Å². The van der Waals surface area contributed by atoms with E-state index in [2.05, 4.69) is 13.8 Å². The highest BCUT2D eigenvalue weighted by molar-refractivity contribution is 5.73. The molecule has 0 bridgehead atoms. The van der Waals surface area contributed by atoms with Gasteiger partial charge >= 0.3 is 18.1 Å². The van der Waals surface area contributed by atoms with Crippen LogP contribution in [0.15, 0.2) is 18.5 Å². The van der Waals surface area contributed by atoms with Gasteiger partial charge in [-0.1, -0.05) is 13.8 Å². The molecule has 19 heavy (non-hydrogen) atoms. The molecule has 0 spiro atoms. The number of carboxylic acid groups (broad SMARTS) is 2. The van der Waals surface area contributed by atoms with Crippen LogP contribution < -0.4 is 0 Å². The topological polar surface area (TPSA) is 79.5 Å². The maximum Gasteiger partial charge on any atom is 0.490 e. The van der Waals surface area contributed by atoms with E-state index >= 15 is 0 Å². The maximum atomic E-state index is 10.6. The van der Waals surface area contributed by atoms with E-state index in [1.54, 1.807) is 10.8 Å². The lowest BCUT2D eigenvalue weighted by Crippen LogP contribution is -2.21. The van der Waals surface area contributed by atoms with Crippen molar-refractivity contribution in [1.82, 2.24) is 4.57 Å². The molecular formula is C11H14F3NO4. The van der Waals surface area contributed by atoms with Crippen LogP contribution in [0, 0.1) is 0 Å². The summed E-state index contributed by atoms with van der Waals surface area (Å²) in [4.78, 5) is 19.2. The molecule has 0 unspecified atom stereocenters. The van der Waals surface area contributed by atoms with Gasteiger partial charge in [0.15, 0.2) is 0 Å². The number of carboxylic acids is 2. The van der Waals surface area contributed by atoms with E-state index < -0.39 is 18.1 Å². The smallest absolute Gasteiger partial charge is 0.480 e. The zero-order valence-electron chi connectivity index (χ0n) is 10.3. The molecule has 1 heterocycles. The molecule has 0 saturated heterocycles. The second-order valence-electron chi connectivity index (χ2n) is 3.97. The summed E-state index contributed by atoms with van der Waals surface area (Å²) in [6, 6.07) is 1.95. The van der Waals surface area contributed by atoms with Gasteiger partial charge in [0.2, 0.25) is 0 Å². The first-order chi connectivity index (χ1) is 8.54. The Morgan fingerprint density at radius 1 is 1.32 bits per heavy atom. The van der Waals surface area contributed by atoms with Crippen molar-refractivity contribution in [2.45, 2.75) is 32.5 Å². The van der Waals surface area contributed by atoms with E-state index in [1.165, 1.54) is 5.56 Å². The molecule has 1 rings (SSSR count). The zero-order valence-corrected chi connectivity index (χ0v) is 10.3. The number of nitrogens with zero attached hydrogens (tertiary/aromatic N) is 1. The number of hydrogen-bond donors (Lipinski definition) is 2. The van der Waals surface area contributed by atoms with Gasteiger partial charge in [0.25, 0.3) is 0 Å². The van der Waals surface area contributed by atoms with E-state index in [1.807, 2.05) is 12.3 Å². The molecule has 0 aliphatic heterocycles. The van der Waals surface area contributed by atoms with Gasteiger partial charge in [0.1, 0.15) is 6.54 Å². The van der Waals surface area contributed by atoms with Crippen molar-refractivity contribution in [1.29, 1.82) is 0 Å². The number of halogens is 3. The number of hydrogen-bond acceptors (Lipinski definition) is 2. The zero-order chi connectivity index (χ0) is 15.2. The van der Waals surface area contributed by atoms with Crippen LogP contribution in [-0.2, 0) is 16.1 Å². The molecule has 0 amide bonds. The third kappa shape index (κ3) is 7.12. The summed E-state index contributed by atoms with van der Waals surface area (Å²) in [6.45, 7) is 4.22. The van der Waals surface area contributed by atoms with Crippen LogP contribution in [0.25, 0.3) is 0 Å². The SMILES string of the molecule is CC(C)c1ccn(CC(=O)O)c1.O=C(O)C(F)(F)F. The second-order valence-corrected chi connectivity index (χ2v) is 3.97. The minimum absolute atomic E-state index is 0.0483. The number of aliphatic carboxylic acids is 2. The van der Waals surface area contributed by atoms with Crippen LogP contribution in [-0.4, -0.2) is 32.9 Å². The van der Waals surface area contributed by atoms with Crippen LogP contribution in [0.4, 0.5) is 13.2 Å². The van der Waals surface area contributed by atoms with Crippen molar-refractivity contribution >= 4 is 11.9 Å². The Hall–Kier alpha value is -1.99. The predicted octanol–water partition coefficient (Wildman–Crippen LogP) is 2.33. The monoisotopic (exact) mass is 281 g/mol. The summed E-state index contributed by atoms with van der Waals surface area (Å²) in [7, 11) is 0. The van der Waals surface area contributed by atoms with Crippen molar-refractivity contribution in [2.75, 3.05) is 0 Å². The van der Waals surface area contributed by atoms with E-state index in [4.69, 9.17) is 15.0 Å². The maximum absolute atomic E-state index is 10.6. The van der Waals surface area contributed by atoms with Gasteiger partial charge < -0.3 is 14.8 Å². The van der Waals surface area contributed by atoms with E-state index in [0.29, 0.717) is 5.92 Å². The first-order valence-electron chi connectivity index (χ1n) is 5.21. The number of alkyl halides is 3. The van der Waals surface area contributed by atoms with Crippen molar-refractivity contribution in [3.05, 3.63) is 24.0 Å². The van der Waals surface area contributed by atoms with E-state index in [0.717, 1.165) is 0 Å². The lowest BCUT2D eigenvalue weighted by atomic mass is 10.1. The van der Waals surface area contributed by atoms with Gasteiger partial charge in [-0.3, -0.25) is 4.79 Å². The predicted molar refractivity (Wildman–Crippen MR) is 59.8 cm³/mol. The van der Waals surface area contributed by atoms with Gasteiger partial charge in [-0.25, -0.2) is 4.79 Å². The molecule has 1 aromatic heterocycles. The molecular weight excluding hydrogens is 267 g/mol. The molecule has 0 fully saturated rings. The second kappa shape index (κ2) is 6.81. The average Bonchev–Trinajstić information content (AvgIpc) is 2.64. The molecule has 0 aliphatic rings. The molecule has 0 atom stereocenters. The summed E-state index contributed by atoms with van der Waals surface area (Å²) < 4.78 is 33.4. The van der Waals surface area contributed by atoms with Crippen LogP contribution in [0.2, 0.25) is 0 Å². The van der Waals surface area contributed by atoms with E-state index in [9.17, 15) is 18.0 Å². The number of carbonyl (C=O) groups is 2. The summed E-state index contributed by atoms with van der Waals surface area (Å²) in [5, 5.41) is 15.6. The van der Waals surface area contributed by atoms with Gasteiger partial charge in [0.05, 0.1) is 0 Å². The van der Waals surface area contributed by atoms with Crippen LogP contribution >= 0.6 is 0 Å². The Morgan fingerprint density at radius 3 is 2.05 bits per heavy atom. The molecule has 0 radical (unpaired) electrons. The highest BCUT2D eigenvalue weighted by Crippen LogP contribution is 2.14. The third-order valence-corrected chi connectivity index (χ3v) is 2.00. The summed E-state index contributed by atoms with van der Waals surface area (Å²) in [5.41, 5.74) is 1.18.